The number of hydrogen-bond acceptors (Lipinski definition) is 4. The molecule has 6 heteroatoms. The molecule has 0 amide bonds. The third-order valence-electron chi connectivity index (χ3n) is 5.40. The summed E-state index contributed by atoms with van der Waals surface area (Å²) in [6, 6.07) is 13.4. The van der Waals surface area contributed by atoms with Gasteiger partial charge in [-0.05, 0) is 48.6 Å². The molecular weight excluding hydrogens is 354 g/mol. The van der Waals surface area contributed by atoms with Crippen molar-refractivity contribution in [3.63, 3.8) is 0 Å². The third-order valence-corrected chi connectivity index (χ3v) is 5.40. The summed E-state index contributed by atoms with van der Waals surface area (Å²) in [7, 11) is 0. The first kappa shape index (κ1) is 18.5. The van der Waals surface area contributed by atoms with Gasteiger partial charge in [-0.25, -0.2) is 4.99 Å². The van der Waals surface area contributed by atoms with Crippen LogP contribution in [0.2, 0.25) is 0 Å². The summed E-state index contributed by atoms with van der Waals surface area (Å²) in [5.41, 5.74) is 1.86. The van der Waals surface area contributed by atoms with Crippen LogP contribution in [0.1, 0.15) is 38.2 Å². The van der Waals surface area contributed by atoms with Gasteiger partial charge in [0.2, 0.25) is 6.79 Å². The minimum Gasteiger partial charge on any atom is -0.508 e. The molecule has 1 aliphatic heterocycles. The van der Waals surface area contributed by atoms with Crippen LogP contribution in [0.25, 0.3) is 0 Å². The van der Waals surface area contributed by atoms with Crippen molar-refractivity contribution in [1.82, 2.24) is 5.32 Å². The summed E-state index contributed by atoms with van der Waals surface area (Å²) < 4.78 is 10.8. The number of hydrogen-bond donors (Lipinski definition) is 3. The predicted molar refractivity (Wildman–Crippen MR) is 110 cm³/mol. The van der Waals surface area contributed by atoms with E-state index >= 15 is 0 Å². The fraction of sp³-hybridized carbons (Fsp3) is 0.409. The lowest BCUT2D eigenvalue weighted by Gasteiger charge is -2.31. The van der Waals surface area contributed by atoms with E-state index in [1.807, 2.05) is 30.3 Å². The second kappa shape index (κ2) is 8.42. The number of nitrogens with one attached hydrogen (secondary N) is 2. The molecule has 148 valence electrons. The molecule has 2 aromatic rings. The van der Waals surface area contributed by atoms with E-state index in [1.54, 1.807) is 12.1 Å². The molecule has 2 atom stereocenters. The first-order valence-corrected chi connectivity index (χ1v) is 9.93. The lowest BCUT2D eigenvalue weighted by molar-refractivity contribution is 0.174. The lowest BCUT2D eigenvalue weighted by Crippen LogP contribution is -2.44. The minimum absolute atomic E-state index is 0.228. The van der Waals surface area contributed by atoms with Gasteiger partial charge in [0.1, 0.15) is 5.75 Å². The van der Waals surface area contributed by atoms with Gasteiger partial charge in [-0.1, -0.05) is 31.9 Å². The standard InChI is InChI=1S/C22H27N3O3/c1-15-5-2-3-8-19(15)25-22(24-17-6-4-7-18(26)12-17)23-13-16-9-10-20-21(11-16)28-14-27-20/h4,6-7,9-12,15,19,26H,2-3,5,8,13-14H2,1H3,(H2,23,24,25). The zero-order valence-electron chi connectivity index (χ0n) is 16.1. The fourth-order valence-electron chi connectivity index (χ4n) is 3.76. The average molecular weight is 381 g/mol. The van der Waals surface area contributed by atoms with Crippen LogP contribution in [0, 0.1) is 5.92 Å². The summed E-state index contributed by atoms with van der Waals surface area (Å²) >= 11 is 0. The predicted octanol–water partition coefficient (Wildman–Crippen LogP) is 4.26. The van der Waals surface area contributed by atoms with E-state index in [0.29, 0.717) is 18.5 Å². The zero-order valence-corrected chi connectivity index (χ0v) is 16.1. The number of nitrogens with zero attached hydrogens (tertiary/aromatic N) is 1. The van der Waals surface area contributed by atoms with Gasteiger partial charge < -0.3 is 25.2 Å². The molecule has 4 rings (SSSR count). The number of phenols is 1. The Morgan fingerprint density at radius 2 is 1.96 bits per heavy atom. The highest BCUT2D eigenvalue weighted by molar-refractivity contribution is 5.94. The van der Waals surface area contributed by atoms with Crippen molar-refractivity contribution < 1.29 is 14.6 Å². The molecule has 6 nitrogen and oxygen atoms in total. The highest BCUT2D eigenvalue weighted by Crippen LogP contribution is 2.32. The van der Waals surface area contributed by atoms with Gasteiger partial charge in [0.25, 0.3) is 0 Å². The van der Waals surface area contributed by atoms with Crippen molar-refractivity contribution in [2.45, 2.75) is 45.2 Å². The molecule has 3 N–H and O–H groups in total. The summed E-state index contributed by atoms with van der Waals surface area (Å²) in [4.78, 5) is 4.79. The summed E-state index contributed by atoms with van der Waals surface area (Å²) in [6.45, 7) is 3.08. The molecule has 0 radical (unpaired) electrons. The maximum Gasteiger partial charge on any atom is 0.231 e. The van der Waals surface area contributed by atoms with Crippen molar-refractivity contribution in [3.8, 4) is 17.2 Å². The van der Waals surface area contributed by atoms with E-state index in [2.05, 4.69) is 17.6 Å². The van der Waals surface area contributed by atoms with Crippen LogP contribution in [0.3, 0.4) is 0 Å². The molecule has 0 saturated heterocycles. The Morgan fingerprint density at radius 1 is 1.11 bits per heavy atom. The Kier molecular flexibility index (Phi) is 5.55. The molecule has 1 saturated carbocycles. The van der Waals surface area contributed by atoms with Crippen molar-refractivity contribution in [2.75, 3.05) is 12.1 Å². The third kappa shape index (κ3) is 4.50. The number of ether oxygens (including phenoxy) is 2. The number of aromatic hydroxyl groups is 1. The number of rotatable bonds is 4. The van der Waals surface area contributed by atoms with Crippen LogP contribution in [-0.4, -0.2) is 23.9 Å². The van der Waals surface area contributed by atoms with E-state index in [4.69, 9.17) is 14.5 Å². The molecule has 2 unspecified atom stereocenters. The highest BCUT2D eigenvalue weighted by Gasteiger charge is 2.22. The SMILES string of the molecule is CC1CCCCC1NC(=NCc1ccc2c(c1)OCO2)Nc1cccc(O)c1. The maximum atomic E-state index is 9.76. The smallest absolute Gasteiger partial charge is 0.231 e. The number of aliphatic imine (C=N–C) groups is 1. The van der Waals surface area contributed by atoms with E-state index in [9.17, 15) is 5.11 Å². The Morgan fingerprint density at radius 3 is 2.82 bits per heavy atom. The molecule has 1 fully saturated rings. The zero-order chi connectivity index (χ0) is 19.3. The molecule has 0 spiro atoms. The second-order valence-electron chi connectivity index (χ2n) is 7.54. The summed E-state index contributed by atoms with van der Waals surface area (Å²) in [6.07, 6.45) is 4.91. The second-order valence-corrected chi connectivity index (χ2v) is 7.54. The quantitative estimate of drug-likeness (QED) is 0.545. The molecule has 0 bridgehead atoms. The van der Waals surface area contributed by atoms with Gasteiger partial charge in [-0.15, -0.1) is 0 Å². The minimum atomic E-state index is 0.228. The number of phenolic OH excluding ortho intramolecular Hbond substituents is 1. The first-order valence-electron chi connectivity index (χ1n) is 9.93. The fourth-order valence-corrected chi connectivity index (χ4v) is 3.76. The van der Waals surface area contributed by atoms with Crippen LogP contribution in [0.5, 0.6) is 17.2 Å². The van der Waals surface area contributed by atoms with E-state index in [1.165, 1.54) is 19.3 Å². The largest absolute Gasteiger partial charge is 0.508 e. The van der Waals surface area contributed by atoms with Crippen molar-refractivity contribution in [3.05, 3.63) is 48.0 Å². The molecule has 1 aliphatic carbocycles. The number of guanidine groups is 1. The Bertz CT molecular complexity index is 853. The highest BCUT2D eigenvalue weighted by atomic mass is 16.7. The van der Waals surface area contributed by atoms with Gasteiger partial charge in [-0.3, -0.25) is 0 Å². The van der Waals surface area contributed by atoms with Gasteiger partial charge >= 0.3 is 0 Å². The average Bonchev–Trinajstić information content (AvgIpc) is 3.16. The molecule has 28 heavy (non-hydrogen) atoms. The van der Waals surface area contributed by atoms with Crippen LogP contribution in [0.15, 0.2) is 47.5 Å². The van der Waals surface area contributed by atoms with Crippen LogP contribution < -0.4 is 20.1 Å². The van der Waals surface area contributed by atoms with Gasteiger partial charge in [-0.2, -0.15) is 0 Å². The normalized spacial score (nSPS) is 21.4. The maximum absolute atomic E-state index is 9.76. The Labute approximate surface area is 165 Å². The number of fused-ring (bicyclic) bond motifs is 1. The monoisotopic (exact) mass is 381 g/mol. The summed E-state index contributed by atoms with van der Waals surface area (Å²) in [5.74, 6) is 3.10. The van der Waals surface area contributed by atoms with Crippen LogP contribution in [-0.2, 0) is 6.54 Å². The number of anilines is 1. The van der Waals surface area contributed by atoms with Crippen molar-refractivity contribution in [2.24, 2.45) is 10.9 Å². The van der Waals surface area contributed by atoms with Gasteiger partial charge in [0.15, 0.2) is 17.5 Å². The topological polar surface area (TPSA) is 75.1 Å². The van der Waals surface area contributed by atoms with Crippen molar-refractivity contribution in [1.29, 1.82) is 0 Å². The van der Waals surface area contributed by atoms with E-state index in [-0.39, 0.29) is 12.5 Å². The first-order chi connectivity index (χ1) is 13.7. The van der Waals surface area contributed by atoms with Crippen LogP contribution in [0.4, 0.5) is 5.69 Å². The summed E-state index contributed by atoms with van der Waals surface area (Å²) in [5, 5.41) is 16.7. The molecule has 2 aromatic carbocycles. The Hall–Kier alpha value is -2.89. The van der Waals surface area contributed by atoms with Gasteiger partial charge in [0, 0.05) is 17.8 Å². The van der Waals surface area contributed by atoms with Gasteiger partial charge in [0.05, 0.1) is 6.54 Å². The Balaban J connectivity index is 1.51. The van der Waals surface area contributed by atoms with E-state index < -0.39 is 0 Å². The number of benzene rings is 2. The molecule has 2 aliphatic rings. The van der Waals surface area contributed by atoms with Crippen LogP contribution >= 0.6 is 0 Å². The molecule has 1 heterocycles. The van der Waals surface area contributed by atoms with Crippen molar-refractivity contribution >= 4 is 11.6 Å². The molecular formula is C22H27N3O3. The van der Waals surface area contributed by atoms with E-state index in [0.717, 1.165) is 35.1 Å². The lowest BCUT2D eigenvalue weighted by atomic mass is 9.86. The molecule has 0 aromatic heterocycles.